The second kappa shape index (κ2) is 9.39. The highest BCUT2D eigenvalue weighted by molar-refractivity contribution is 7.90. The Bertz CT molecular complexity index is 1680. The fourth-order valence-electron chi connectivity index (χ4n) is 4.52. The first-order valence-corrected chi connectivity index (χ1v) is 13.3. The van der Waals surface area contributed by atoms with Crippen LogP contribution in [-0.4, -0.2) is 48.9 Å². The van der Waals surface area contributed by atoms with Gasteiger partial charge in [0.25, 0.3) is 15.9 Å². The number of hydrogen-bond acceptors (Lipinski definition) is 6. The van der Waals surface area contributed by atoms with E-state index in [-0.39, 0.29) is 57.4 Å². The minimum absolute atomic E-state index is 0.0270. The van der Waals surface area contributed by atoms with E-state index in [2.05, 4.69) is 4.98 Å². The number of nitrogens with zero attached hydrogens (tertiary/aromatic N) is 3. The Hall–Kier alpha value is -3.99. The Morgan fingerprint density at radius 3 is 2.50 bits per heavy atom. The number of aryl methyl sites for hydroxylation is 2. The van der Waals surface area contributed by atoms with Crippen LogP contribution >= 0.6 is 0 Å². The molecule has 0 radical (unpaired) electrons. The molecule has 1 aliphatic heterocycles. The van der Waals surface area contributed by atoms with Crippen LogP contribution in [0.5, 0.6) is 11.5 Å². The number of hydrogen-bond donors (Lipinski definition) is 0. The number of halogens is 2. The van der Waals surface area contributed by atoms with E-state index in [0.717, 1.165) is 21.7 Å². The van der Waals surface area contributed by atoms with E-state index in [1.807, 2.05) is 6.92 Å². The van der Waals surface area contributed by atoms with E-state index in [1.165, 1.54) is 36.1 Å². The van der Waals surface area contributed by atoms with Crippen molar-refractivity contribution in [3.8, 4) is 11.5 Å². The van der Waals surface area contributed by atoms with Gasteiger partial charge in [0.05, 0.1) is 22.6 Å². The standard InChI is InChI=1S/C27H25F2N3O5S/c1-15-5-7-19(8-6-15)38(34,35)32-16(2)30-26-21(32)11-17(27(33)31(3)4)12-24(26)37-22-9-10-36-23-14-18(28)13-20(29)25(22)23/h5-8,11-14,22H,9-10H2,1-4H3. The molecule has 1 amide bonds. The summed E-state index contributed by atoms with van der Waals surface area (Å²) in [7, 11) is -0.957. The molecule has 0 saturated carbocycles. The van der Waals surface area contributed by atoms with Crippen LogP contribution in [0.15, 0.2) is 53.4 Å². The maximum Gasteiger partial charge on any atom is 0.269 e. The highest BCUT2D eigenvalue weighted by atomic mass is 32.2. The lowest BCUT2D eigenvalue weighted by Gasteiger charge is -2.27. The van der Waals surface area contributed by atoms with E-state index < -0.39 is 33.7 Å². The SMILES string of the molecule is Cc1ccc(S(=O)(=O)n2c(C)nc3c(OC4CCOc5cc(F)cc(F)c54)cc(C(=O)N(C)C)cc32)cc1. The molecule has 8 nitrogen and oxygen atoms in total. The monoisotopic (exact) mass is 541 g/mol. The Morgan fingerprint density at radius 2 is 1.82 bits per heavy atom. The van der Waals surface area contributed by atoms with Crippen molar-refractivity contribution in [3.05, 3.63) is 82.7 Å². The fraction of sp³-hybridized carbons (Fsp3) is 0.259. The molecule has 2 heterocycles. The van der Waals surface area contributed by atoms with Gasteiger partial charge in [-0.25, -0.2) is 26.2 Å². The molecule has 1 aliphatic rings. The largest absolute Gasteiger partial charge is 0.493 e. The summed E-state index contributed by atoms with van der Waals surface area (Å²) in [6, 6.07) is 11.1. The van der Waals surface area contributed by atoms with Gasteiger partial charge in [0.1, 0.15) is 40.6 Å². The summed E-state index contributed by atoms with van der Waals surface area (Å²) in [6.07, 6.45) is -0.643. The summed E-state index contributed by atoms with van der Waals surface area (Å²) < 4.78 is 68.7. The van der Waals surface area contributed by atoms with Crippen molar-refractivity contribution < 1.29 is 31.5 Å². The van der Waals surface area contributed by atoms with Crippen LogP contribution in [0.2, 0.25) is 0 Å². The first-order chi connectivity index (χ1) is 18.0. The zero-order valence-corrected chi connectivity index (χ0v) is 22.0. The lowest BCUT2D eigenvalue weighted by atomic mass is 10.0. The number of amides is 1. The molecule has 0 fully saturated rings. The Labute approximate surface area is 218 Å². The minimum atomic E-state index is -4.09. The van der Waals surface area contributed by atoms with Gasteiger partial charge in [-0.15, -0.1) is 0 Å². The van der Waals surface area contributed by atoms with Gasteiger partial charge in [-0.2, -0.15) is 0 Å². The molecule has 4 aromatic rings. The van der Waals surface area contributed by atoms with Crippen molar-refractivity contribution in [1.82, 2.24) is 13.9 Å². The average Bonchev–Trinajstić information content (AvgIpc) is 3.20. The van der Waals surface area contributed by atoms with Crippen LogP contribution in [0.4, 0.5) is 8.78 Å². The molecule has 0 N–H and O–H groups in total. The zero-order valence-electron chi connectivity index (χ0n) is 21.2. The third kappa shape index (κ3) is 4.36. The molecule has 38 heavy (non-hydrogen) atoms. The normalized spacial score (nSPS) is 15.2. The summed E-state index contributed by atoms with van der Waals surface area (Å²) >= 11 is 0. The molecule has 1 aromatic heterocycles. The van der Waals surface area contributed by atoms with Gasteiger partial charge >= 0.3 is 0 Å². The lowest BCUT2D eigenvalue weighted by molar-refractivity contribution is 0.0826. The molecular weight excluding hydrogens is 516 g/mol. The first kappa shape index (κ1) is 25.7. The molecule has 11 heteroatoms. The summed E-state index contributed by atoms with van der Waals surface area (Å²) in [5, 5.41) is 0. The molecule has 198 valence electrons. The second-order valence-electron chi connectivity index (χ2n) is 9.33. The Morgan fingerprint density at radius 1 is 1.11 bits per heavy atom. The first-order valence-electron chi connectivity index (χ1n) is 11.8. The third-order valence-electron chi connectivity index (χ3n) is 6.34. The van der Waals surface area contributed by atoms with Crippen molar-refractivity contribution in [2.24, 2.45) is 0 Å². The van der Waals surface area contributed by atoms with Crippen molar-refractivity contribution in [1.29, 1.82) is 0 Å². The summed E-state index contributed by atoms with van der Waals surface area (Å²) in [5.41, 5.74) is 1.42. The van der Waals surface area contributed by atoms with E-state index in [4.69, 9.17) is 9.47 Å². The quantitative estimate of drug-likeness (QED) is 0.362. The maximum atomic E-state index is 14.8. The fourth-order valence-corrected chi connectivity index (χ4v) is 5.99. The molecule has 0 bridgehead atoms. The van der Waals surface area contributed by atoms with Crippen LogP contribution in [-0.2, 0) is 10.0 Å². The van der Waals surface area contributed by atoms with Gasteiger partial charge in [-0.05, 0) is 38.1 Å². The van der Waals surface area contributed by atoms with Gasteiger partial charge in [0.2, 0.25) is 0 Å². The van der Waals surface area contributed by atoms with Gasteiger partial charge < -0.3 is 14.4 Å². The number of benzene rings is 3. The second-order valence-corrected chi connectivity index (χ2v) is 11.1. The molecule has 0 spiro atoms. The number of rotatable bonds is 5. The van der Waals surface area contributed by atoms with Crippen molar-refractivity contribution in [2.45, 2.75) is 31.3 Å². The summed E-state index contributed by atoms with van der Waals surface area (Å²) in [6.45, 7) is 3.53. The number of imidazole rings is 1. The van der Waals surface area contributed by atoms with Gasteiger partial charge in [-0.1, -0.05) is 17.7 Å². The molecule has 0 saturated heterocycles. The minimum Gasteiger partial charge on any atom is -0.493 e. The van der Waals surface area contributed by atoms with Crippen molar-refractivity contribution in [3.63, 3.8) is 0 Å². The Kier molecular flexibility index (Phi) is 6.34. The lowest BCUT2D eigenvalue weighted by Crippen LogP contribution is -2.23. The number of ether oxygens (including phenoxy) is 2. The van der Waals surface area contributed by atoms with Gasteiger partial charge in [0.15, 0.2) is 0 Å². The van der Waals surface area contributed by atoms with E-state index in [0.29, 0.717) is 0 Å². The molecule has 3 aromatic carbocycles. The predicted molar refractivity (Wildman–Crippen MR) is 136 cm³/mol. The van der Waals surface area contributed by atoms with E-state index in [9.17, 15) is 22.0 Å². The number of carbonyl (C=O) groups is 1. The highest BCUT2D eigenvalue weighted by Crippen LogP contribution is 2.40. The van der Waals surface area contributed by atoms with Crippen molar-refractivity contribution >= 4 is 27.0 Å². The number of fused-ring (bicyclic) bond motifs is 2. The molecule has 1 unspecified atom stereocenters. The smallest absolute Gasteiger partial charge is 0.269 e. The molecule has 1 atom stereocenters. The number of carbonyl (C=O) groups excluding carboxylic acids is 1. The summed E-state index contributed by atoms with van der Waals surface area (Å²) in [5.74, 6) is -1.73. The van der Waals surface area contributed by atoms with Gasteiger partial charge in [-0.3, -0.25) is 4.79 Å². The summed E-state index contributed by atoms with van der Waals surface area (Å²) in [4.78, 5) is 18.8. The average molecular weight is 542 g/mol. The maximum absolute atomic E-state index is 14.8. The van der Waals surface area contributed by atoms with Gasteiger partial charge in [0, 0.05) is 38.2 Å². The third-order valence-corrected chi connectivity index (χ3v) is 8.15. The van der Waals surface area contributed by atoms with Crippen LogP contribution in [0, 0.1) is 25.5 Å². The van der Waals surface area contributed by atoms with Crippen LogP contribution in [0.1, 0.15) is 39.8 Å². The molecular formula is C27H25F2N3O5S. The predicted octanol–water partition coefficient (Wildman–Crippen LogP) is 4.77. The van der Waals surface area contributed by atoms with Crippen molar-refractivity contribution in [2.75, 3.05) is 20.7 Å². The van der Waals surface area contributed by atoms with Crippen LogP contribution in [0.25, 0.3) is 11.0 Å². The Balaban J connectivity index is 1.70. The number of aromatic nitrogens is 2. The zero-order chi connectivity index (χ0) is 27.4. The van der Waals surface area contributed by atoms with E-state index >= 15 is 0 Å². The molecule has 5 rings (SSSR count). The topological polar surface area (TPSA) is 90.7 Å². The van der Waals surface area contributed by atoms with E-state index in [1.54, 1.807) is 26.2 Å². The molecule has 0 aliphatic carbocycles. The highest BCUT2D eigenvalue weighted by Gasteiger charge is 2.31. The van der Waals surface area contributed by atoms with Crippen LogP contribution in [0.3, 0.4) is 0 Å². The van der Waals surface area contributed by atoms with Crippen LogP contribution < -0.4 is 9.47 Å².